The monoisotopic (exact) mass is 649 g/mol. The van der Waals surface area contributed by atoms with Gasteiger partial charge in [0, 0.05) is 44.2 Å². The van der Waals surface area contributed by atoms with Crippen LogP contribution in [0.5, 0.6) is 11.6 Å². The number of nitrogens with one attached hydrogen (secondary N) is 2. The van der Waals surface area contributed by atoms with Crippen LogP contribution in [0.2, 0.25) is 0 Å². The standard InChI is InChI=1S/C27H31N5O6S.CH4O3S/c1-16(33)29-23-13-21(19(14-28-23)20-5-6-22-26(31-20)37-15-27(2,3)38-22)30-24-11-18(17-7-9-36-10-8-17)12-25(32-24)39(4,34)35;1-5(2,3)4/h5-6,11-14,17H,7-10,15H2,1-4H3,(H2,28,29,30,32,33);1H3,(H,2,3,4). The Balaban J connectivity index is 0.000000818. The van der Waals surface area contributed by atoms with Crippen molar-refractivity contribution in [2.24, 2.45) is 0 Å². The van der Waals surface area contributed by atoms with Gasteiger partial charge in [-0.1, -0.05) is 0 Å². The van der Waals surface area contributed by atoms with Gasteiger partial charge in [-0.25, -0.2) is 23.4 Å². The van der Waals surface area contributed by atoms with E-state index in [4.69, 9.17) is 18.8 Å². The smallest absolute Gasteiger partial charge is 0.261 e. The number of fused-ring (bicyclic) bond motifs is 1. The van der Waals surface area contributed by atoms with Gasteiger partial charge in [-0.2, -0.15) is 8.42 Å². The molecule has 1 saturated heterocycles. The first-order valence-corrected chi connectivity index (χ1v) is 17.3. The van der Waals surface area contributed by atoms with Crippen molar-refractivity contribution in [2.45, 2.75) is 50.2 Å². The van der Waals surface area contributed by atoms with Gasteiger partial charge in [-0.3, -0.25) is 9.35 Å². The van der Waals surface area contributed by atoms with E-state index in [2.05, 4.69) is 25.6 Å². The van der Waals surface area contributed by atoms with E-state index in [0.29, 0.717) is 66.3 Å². The fraction of sp³-hybridized carbons (Fsp3) is 0.429. The molecule has 3 N–H and O–H groups in total. The Morgan fingerprint density at radius 1 is 1.02 bits per heavy atom. The molecule has 0 atom stereocenters. The Bertz CT molecular complexity index is 1750. The van der Waals surface area contributed by atoms with Crippen LogP contribution in [0.4, 0.5) is 17.3 Å². The van der Waals surface area contributed by atoms with Crippen LogP contribution in [0, 0.1) is 0 Å². The third-order valence-corrected chi connectivity index (χ3v) is 7.38. The third kappa shape index (κ3) is 9.32. The van der Waals surface area contributed by atoms with Gasteiger partial charge >= 0.3 is 0 Å². The minimum atomic E-state index is -3.67. The summed E-state index contributed by atoms with van der Waals surface area (Å²) in [6.07, 6.45) is 5.01. The molecule has 0 spiro atoms. The van der Waals surface area contributed by atoms with Crippen molar-refractivity contribution in [2.75, 3.05) is 43.0 Å². The normalized spacial score (nSPS) is 16.3. The van der Waals surface area contributed by atoms with Crippen molar-refractivity contribution >= 4 is 43.2 Å². The lowest BCUT2D eigenvalue weighted by atomic mass is 9.92. The maximum absolute atomic E-state index is 12.5. The zero-order valence-electron chi connectivity index (χ0n) is 24.9. The molecule has 238 valence electrons. The first-order valence-electron chi connectivity index (χ1n) is 13.6. The number of nitrogens with zero attached hydrogens (tertiary/aromatic N) is 3. The molecule has 5 heterocycles. The molecule has 44 heavy (non-hydrogen) atoms. The lowest BCUT2D eigenvalue weighted by Crippen LogP contribution is -2.39. The van der Waals surface area contributed by atoms with Gasteiger partial charge in [-0.05, 0) is 62.4 Å². The van der Waals surface area contributed by atoms with Crippen LogP contribution in [-0.2, 0) is 29.5 Å². The van der Waals surface area contributed by atoms with Crippen LogP contribution in [-0.4, -0.2) is 80.2 Å². The molecule has 2 aliphatic rings. The average molecular weight is 650 g/mol. The van der Waals surface area contributed by atoms with E-state index in [0.717, 1.165) is 24.7 Å². The topological polar surface area (TPSA) is 196 Å². The number of carbonyl (C=O) groups excluding carboxylic acids is 1. The van der Waals surface area contributed by atoms with Crippen molar-refractivity contribution in [3.05, 3.63) is 42.1 Å². The van der Waals surface area contributed by atoms with Crippen molar-refractivity contribution in [1.82, 2.24) is 15.0 Å². The van der Waals surface area contributed by atoms with Gasteiger partial charge in [0.15, 0.2) is 20.6 Å². The summed E-state index contributed by atoms with van der Waals surface area (Å²) in [5, 5.41) is 5.92. The van der Waals surface area contributed by atoms with E-state index < -0.39 is 25.6 Å². The minimum Gasteiger partial charge on any atom is -0.479 e. The van der Waals surface area contributed by atoms with E-state index in [1.165, 1.54) is 6.92 Å². The summed E-state index contributed by atoms with van der Waals surface area (Å²) in [5.74, 6) is 1.44. The molecule has 16 heteroatoms. The van der Waals surface area contributed by atoms with Crippen molar-refractivity contribution in [3.63, 3.8) is 0 Å². The molecular formula is C28H35N5O9S2. The summed E-state index contributed by atoms with van der Waals surface area (Å²) < 4.78 is 68.2. The van der Waals surface area contributed by atoms with Crippen LogP contribution < -0.4 is 20.1 Å². The van der Waals surface area contributed by atoms with Crippen LogP contribution in [0.3, 0.4) is 0 Å². The molecule has 1 amide bonds. The van der Waals surface area contributed by atoms with Gasteiger partial charge in [0.2, 0.25) is 5.91 Å². The van der Waals surface area contributed by atoms with Crippen molar-refractivity contribution < 1.29 is 40.4 Å². The number of anilines is 3. The van der Waals surface area contributed by atoms with Gasteiger partial charge in [0.1, 0.15) is 23.8 Å². The maximum atomic E-state index is 12.5. The van der Waals surface area contributed by atoms with E-state index in [9.17, 15) is 21.6 Å². The number of amides is 1. The molecule has 0 aromatic carbocycles. The summed E-state index contributed by atoms with van der Waals surface area (Å²) >= 11 is 0. The Labute approximate surface area is 256 Å². The number of rotatable bonds is 6. The lowest BCUT2D eigenvalue weighted by Gasteiger charge is -2.31. The summed E-state index contributed by atoms with van der Waals surface area (Å²) in [6.45, 7) is 6.84. The zero-order chi connectivity index (χ0) is 32.3. The van der Waals surface area contributed by atoms with Gasteiger partial charge in [-0.15, -0.1) is 0 Å². The number of sulfone groups is 1. The molecule has 0 saturated carbocycles. The number of hydrogen-bond donors (Lipinski definition) is 3. The highest BCUT2D eigenvalue weighted by atomic mass is 32.2. The fourth-order valence-electron chi connectivity index (χ4n) is 4.52. The van der Waals surface area contributed by atoms with Crippen molar-refractivity contribution in [1.29, 1.82) is 0 Å². The fourth-order valence-corrected chi connectivity index (χ4v) is 5.14. The third-order valence-electron chi connectivity index (χ3n) is 6.41. The van der Waals surface area contributed by atoms with E-state index >= 15 is 0 Å². The maximum Gasteiger partial charge on any atom is 0.261 e. The number of carbonyl (C=O) groups is 1. The molecule has 14 nitrogen and oxygen atoms in total. The lowest BCUT2D eigenvalue weighted by molar-refractivity contribution is -0.114. The first kappa shape index (κ1) is 33.0. The molecule has 5 rings (SSSR count). The highest BCUT2D eigenvalue weighted by Crippen LogP contribution is 2.38. The minimum absolute atomic E-state index is 0.0215. The second-order valence-electron chi connectivity index (χ2n) is 11.1. The Hall–Kier alpha value is -3.86. The number of hydrogen-bond acceptors (Lipinski definition) is 12. The average Bonchev–Trinajstić information content (AvgIpc) is 2.91. The number of ether oxygens (including phenoxy) is 3. The predicted molar refractivity (Wildman–Crippen MR) is 163 cm³/mol. The second-order valence-corrected chi connectivity index (χ2v) is 14.5. The molecular weight excluding hydrogens is 614 g/mol. The highest BCUT2D eigenvalue weighted by Gasteiger charge is 2.29. The molecule has 3 aromatic heterocycles. The van der Waals surface area contributed by atoms with Crippen LogP contribution in [0.25, 0.3) is 11.3 Å². The molecule has 1 fully saturated rings. The molecule has 0 radical (unpaired) electrons. The number of pyridine rings is 3. The summed E-state index contributed by atoms with van der Waals surface area (Å²) in [7, 11) is -7.25. The van der Waals surface area contributed by atoms with E-state index in [1.807, 2.05) is 19.9 Å². The van der Waals surface area contributed by atoms with Gasteiger partial charge in [0.05, 0.1) is 17.6 Å². The Morgan fingerprint density at radius 2 is 1.70 bits per heavy atom. The Morgan fingerprint density at radius 3 is 2.34 bits per heavy atom. The Kier molecular flexibility index (Phi) is 9.77. The van der Waals surface area contributed by atoms with E-state index in [-0.39, 0.29) is 16.9 Å². The molecule has 0 aliphatic carbocycles. The highest BCUT2D eigenvalue weighted by molar-refractivity contribution is 7.90. The van der Waals surface area contributed by atoms with Crippen LogP contribution in [0.1, 0.15) is 45.1 Å². The quantitative estimate of drug-likeness (QED) is 0.328. The van der Waals surface area contributed by atoms with Crippen molar-refractivity contribution in [3.8, 4) is 22.9 Å². The predicted octanol–water partition coefficient (Wildman–Crippen LogP) is 3.59. The molecule has 2 aliphatic heterocycles. The first-order chi connectivity index (χ1) is 20.5. The molecule has 0 unspecified atom stereocenters. The number of aromatic nitrogens is 3. The summed E-state index contributed by atoms with van der Waals surface area (Å²) in [6, 6.07) is 8.72. The zero-order valence-corrected chi connectivity index (χ0v) is 26.6. The largest absolute Gasteiger partial charge is 0.479 e. The second kappa shape index (κ2) is 13.0. The van der Waals surface area contributed by atoms with Gasteiger partial charge in [0.25, 0.3) is 16.0 Å². The molecule has 0 bridgehead atoms. The summed E-state index contributed by atoms with van der Waals surface area (Å²) in [5.41, 5.74) is 2.07. The summed E-state index contributed by atoms with van der Waals surface area (Å²) in [4.78, 5) is 25.1. The molecule has 3 aromatic rings. The van der Waals surface area contributed by atoms with Crippen LogP contribution in [0.15, 0.2) is 41.6 Å². The van der Waals surface area contributed by atoms with Crippen LogP contribution >= 0.6 is 0 Å². The SMILES string of the molecule is CC(=O)Nc1cc(Nc2cc(C3CCOCC3)cc(S(C)(=O)=O)n2)c(-c2ccc3c(n2)OCC(C)(C)O3)cn1.CS(=O)(=O)O. The van der Waals surface area contributed by atoms with E-state index in [1.54, 1.807) is 30.5 Å². The van der Waals surface area contributed by atoms with Gasteiger partial charge < -0.3 is 24.8 Å².